The van der Waals surface area contributed by atoms with Crippen LogP contribution in [-0.2, 0) is 0 Å². The van der Waals surface area contributed by atoms with Gasteiger partial charge in [0.05, 0.1) is 4.70 Å². The Morgan fingerprint density at radius 1 is 1.33 bits per heavy atom. The highest BCUT2D eigenvalue weighted by molar-refractivity contribution is 7.22. The van der Waals surface area contributed by atoms with Gasteiger partial charge in [-0.3, -0.25) is 4.79 Å². The highest BCUT2D eigenvalue weighted by Crippen LogP contribution is 2.37. The lowest BCUT2D eigenvalue weighted by molar-refractivity contribution is 0.0996. The average Bonchev–Trinajstić information content (AvgIpc) is 3.08. The molecule has 1 aromatic carbocycles. The SMILES string of the molecule is Cl.NC(=O)c1nnc(NC2CCCNC2)c2cc(-c3cccc(F)c3)sc12. The number of primary amides is 1. The van der Waals surface area contributed by atoms with Crippen LogP contribution in [0.3, 0.4) is 0 Å². The highest BCUT2D eigenvalue weighted by atomic mass is 35.5. The maximum Gasteiger partial charge on any atom is 0.270 e. The van der Waals surface area contributed by atoms with Crippen molar-refractivity contribution in [1.82, 2.24) is 15.5 Å². The molecule has 3 aromatic rings. The molecule has 0 radical (unpaired) electrons. The van der Waals surface area contributed by atoms with Gasteiger partial charge in [0.25, 0.3) is 5.91 Å². The van der Waals surface area contributed by atoms with Gasteiger partial charge in [-0.05, 0) is 43.1 Å². The Hall–Kier alpha value is -2.29. The molecule has 2 aromatic heterocycles. The van der Waals surface area contributed by atoms with Gasteiger partial charge < -0.3 is 16.4 Å². The van der Waals surface area contributed by atoms with Crippen molar-refractivity contribution < 1.29 is 9.18 Å². The molecule has 142 valence electrons. The van der Waals surface area contributed by atoms with Crippen molar-refractivity contribution in [3.63, 3.8) is 0 Å². The zero-order chi connectivity index (χ0) is 18.1. The lowest BCUT2D eigenvalue weighted by atomic mass is 10.1. The molecule has 1 saturated heterocycles. The first-order valence-corrected chi connectivity index (χ1v) is 9.26. The zero-order valence-corrected chi connectivity index (χ0v) is 16.0. The van der Waals surface area contributed by atoms with Crippen LogP contribution in [0, 0.1) is 5.82 Å². The number of carbonyl (C=O) groups is 1. The number of amides is 1. The number of aromatic nitrogens is 2. The van der Waals surface area contributed by atoms with Crippen LogP contribution in [0.25, 0.3) is 20.5 Å². The number of nitrogens with zero attached hydrogens (tertiary/aromatic N) is 2. The van der Waals surface area contributed by atoms with E-state index in [1.54, 1.807) is 6.07 Å². The molecule has 0 aliphatic carbocycles. The van der Waals surface area contributed by atoms with Gasteiger partial charge in [0.2, 0.25) is 0 Å². The molecule has 9 heteroatoms. The van der Waals surface area contributed by atoms with Crippen LogP contribution in [0.5, 0.6) is 0 Å². The van der Waals surface area contributed by atoms with Gasteiger partial charge in [0.15, 0.2) is 11.5 Å². The second kappa shape index (κ2) is 8.16. The van der Waals surface area contributed by atoms with E-state index in [0.29, 0.717) is 10.5 Å². The van der Waals surface area contributed by atoms with Crippen LogP contribution in [-0.4, -0.2) is 35.2 Å². The number of benzene rings is 1. The van der Waals surface area contributed by atoms with E-state index in [0.717, 1.165) is 41.8 Å². The molecule has 0 bridgehead atoms. The summed E-state index contributed by atoms with van der Waals surface area (Å²) in [5, 5.41) is 15.8. The molecule has 1 aliphatic heterocycles. The standard InChI is InChI=1S/C18H18FN5OS.ClH/c19-11-4-1-3-10(7-11)14-8-13-16(26-14)15(17(20)25)23-24-18(13)22-12-5-2-6-21-9-12;/h1,3-4,7-8,12,21H,2,5-6,9H2,(H2,20,25)(H,22,24);1H. The first kappa shape index (κ1) is 19.5. The molecule has 27 heavy (non-hydrogen) atoms. The van der Waals surface area contributed by atoms with E-state index in [-0.39, 0.29) is 30.0 Å². The van der Waals surface area contributed by atoms with E-state index in [2.05, 4.69) is 20.8 Å². The lowest BCUT2D eigenvalue weighted by Gasteiger charge is -2.24. The number of nitrogens with one attached hydrogen (secondary N) is 2. The van der Waals surface area contributed by atoms with Crippen LogP contribution in [0.15, 0.2) is 30.3 Å². The summed E-state index contributed by atoms with van der Waals surface area (Å²) in [5.41, 5.74) is 6.34. The summed E-state index contributed by atoms with van der Waals surface area (Å²) < 4.78 is 14.3. The van der Waals surface area contributed by atoms with Crippen molar-refractivity contribution in [2.75, 3.05) is 18.4 Å². The molecular formula is C18H19ClFN5OS. The number of thiophene rings is 1. The summed E-state index contributed by atoms with van der Waals surface area (Å²) in [4.78, 5) is 12.6. The van der Waals surface area contributed by atoms with Crippen LogP contribution < -0.4 is 16.4 Å². The van der Waals surface area contributed by atoms with E-state index in [1.807, 2.05) is 12.1 Å². The Bertz CT molecular complexity index is 974. The van der Waals surface area contributed by atoms with Crippen LogP contribution in [0.2, 0.25) is 0 Å². The summed E-state index contributed by atoms with van der Waals surface area (Å²) in [6.45, 7) is 1.86. The number of fused-ring (bicyclic) bond motifs is 1. The Balaban J connectivity index is 0.00000210. The Labute approximate surface area is 165 Å². The second-order valence-corrected chi connectivity index (χ2v) is 7.37. The number of rotatable bonds is 4. The maximum atomic E-state index is 13.6. The van der Waals surface area contributed by atoms with E-state index in [9.17, 15) is 9.18 Å². The monoisotopic (exact) mass is 407 g/mol. The van der Waals surface area contributed by atoms with E-state index >= 15 is 0 Å². The van der Waals surface area contributed by atoms with Gasteiger partial charge in [-0.15, -0.1) is 33.9 Å². The largest absolute Gasteiger partial charge is 0.364 e. The quantitative estimate of drug-likeness (QED) is 0.617. The Kier molecular flexibility index (Phi) is 5.88. The minimum Gasteiger partial charge on any atom is -0.364 e. The smallest absolute Gasteiger partial charge is 0.270 e. The number of nitrogens with two attached hydrogens (primary N) is 1. The number of anilines is 1. The fourth-order valence-electron chi connectivity index (χ4n) is 3.16. The van der Waals surface area contributed by atoms with Crippen molar-refractivity contribution in [3.8, 4) is 10.4 Å². The maximum absolute atomic E-state index is 13.6. The molecule has 1 fully saturated rings. The van der Waals surface area contributed by atoms with Gasteiger partial charge in [-0.2, -0.15) is 0 Å². The fraction of sp³-hybridized carbons (Fsp3) is 0.278. The van der Waals surface area contributed by atoms with E-state index in [1.165, 1.54) is 23.5 Å². The molecule has 6 nitrogen and oxygen atoms in total. The number of halogens is 2. The van der Waals surface area contributed by atoms with Gasteiger partial charge >= 0.3 is 0 Å². The van der Waals surface area contributed by atoms with Gasteiger partial charge in [-0.1, -0.05) is 12.1 Å². The highest BCUT2D eigenvalue weighted by Gasteiger charge is 2.20. The lowest BCUT2D eigenvalue weighted by Crippen LogP contribution is -2.38. The summed E-state index contributed by atoms with van der Waals surface area (Å²) in [7, 11) is 0. The van der Waals surface area contributed by atoms with Gasteiger partial charge in [0.1, 0.15) is 5.82 Å². The second-order valence-electron chi connectivity index (χ2n) is 6.31. The Morgan fingerprint density at radius 3 is 2.89 bits per heavy atom. The topological polar surface area (TPSA) is 92.9 Å². The van der Waals surface area contributed by atoms with Crippen LogP contribution in [0.4, 0.5) is 10.2 Å². The van der Waals surface area contributed by atoms with Crippen LogP contribution >= 0.6 is 23.7 Å². The van der Waals surface area contributed by atoms with Crippen LogP contribution in [0.1, 0.15) is 23.3 Å². The summed E-state index contributed by atoms with van der Waals surface area (Å²) in [6.07, 6.45) is 2.13. The summed E-state index contributed by atoms with van der Waals surface area (Å²) >= 11 is 1.36. The average molecular weight is 408 g/mol. The Morgan fingerprint density at radius 2 is 2.19 bits per heavy atom. The third kappa shape index (κ3) is 4.02. The number of carbonyl (C=O) groups excluding carboxylic acids is 1. The first-order chi connectivity index (χ1) is 12.6. The summed E-state index contributed by atoms with van der Waals surface area (Å²) in [5.74, 6) is -0.309. The van der Waals surface area contributed by atoms with Crippen molar-refractivity contribution in [1.29, 1.82) is 0 Å². The number of hydrogen-bond donors (Lipinski definition) is 3. The molecular weight excluding hydrogens is 389 g/mol. The van der Waals surface area contributed by atoms with Crippen molar-refractivity contribution >= 4 is 45.6 Å². The number of piperidine rings is 1. The summed E-state index contributed by atoms with van der Waals surface area (Å²) in [6, 6.07) is 8.52. The molecule has 0 saturated carbocycles. The molecule has 3 heterocycles. The minimum absolute atomic E-state index is 0. The van der Waals surface area contributed by atoms with Crippen molar-refractivity contribution in [2.45, 2.75) is 18.9 Å². The zero-order valence-electron chi connectivity index (χ0n) is 14.4. The molecule has 1 aliphatic rings. The van der Waals surface area contributed by atoms with Gasteiger partial charge in [-0.25, -0.2) is 4.39 Å². The van der Waals surface area contributed by atoms with Crippen molar-refractivity contribution in [3.05, 3.63) is 41.8 Å². The third-order valence-corrected chi connectivity index (χ3v) is 5.62. The molecule has 1 amide bonds. The molecule has 4 N–H and O–H groups in total. The number of hydrogen-bond acceptors (Lipinski definition) is 6. The predicted octanol–water partition coefficient (Wildman–Crippen LogP) is 3.18. The van der Waals surface area contributed by atoms with E-state index in [4.69, 9.17) is 5.73 Å². The van der Waals surface area contributed by atoms with Gasteiger partial charge in [0, 0.05) is 22.8 Å². The molecule has 4 rings (SSSR count). The molecule has 0 spiro atoms. The van der Waals surface area contributed by atoms with Crippen molar-refractivity contribution in [2.24, 2.45) is 5.73 Å². The fourth-order valence-corrected chi connectivity index (χ4v) is 4.31. The molecule has 1 atom stereocenters. The third-order valence-electron chi connectivity index (χ3n) is 4.43. The molecule has 1 unspecified atom stereocenters. The van der Waals surface area contributed by atoms with E-state index < -0.39 is 5.91 Å². The predicted molar refractivity (Wildman–Crippen MR) is 108 cm³/mol. The minimum atomic E-state index is -0.624. The first-order valence-electron chi connectivity index (χ1n) is 8.45. The normalized spacial score (nSPS) is 16.7.